The number of aliphatic hydroxyl groups is 2. The molecule has 2 N–H and O–H groups in total. The molecule has 0 aromatic carbocycles. The van der Waals surface area contributed by atoms with Gasteiger partial charge in [-0.15, -0.1) is 0 Å². The van der Waals surface area contributed by atoms with E-state index in [9.17, 15) is 0 Å². The van der Waals surface area contributed by atoms with Crippen molar-refractivity contribution >= 4 is 0 Å². The van der Waals surface area contributed by atoms with Crippen molar-refractivity contribution in [3.05, 3.63) is 0 Å². The van der Waals surface area contributed by atoms with Crippen LogP contribution in [0.1, 0.15) is 0 Å². The van der Waals surface area contributed by atoms with E-state index in [1.165, 1.54) is 0 Å². The largest absolute Gasteiger partial charge is 0.393 e. The van der Waals surface area contributed by atoms with Gasteiger partial charge >= 0.3 is 0 Å². The molecule has 1 aliphatic rings. The highest BCUT2D eigenvalue weighted by Crippen LogP contribution is 2.05. The van der Waals surface area contributed by atoms with Gasteiger partial charge in [0.2, 0.25) is 0 Å². The normalized spacial score (nSPS) is 36.7. The van der Waals surface area contributed by atoms with E-state index < -0.39 is 12.4 Å². The molecule has 0 bridgehead atoms. The zero-order valence-corrected chi connectivity index (χ0v) is 4.99. The summed E-state index contributed by atoms with van der Waals surface area (Å²) in [6.45, 7) is 0.654. The Bertz CT molecular complexity index is 85.0. The summed E-state index contributed by atoms with van der Waals surface area (Å²) in [7, 11) is 0. The van der Waals surface area contributed by atoms with Gasteiger partial charge in [-0.1, -0.05) is 0 Å². The van der Waals surface area contributed by atoms with E-state index in [0.29, 0.717) is 13.2 Å². The molecule has 1 rings (SSSR count). The molecule has 0 aromatic heterocycles. The first kappa shape index (κ1) is 6.95. The predicted molar refractivity (Wildman–Crippen MR) is 28.8 cm³/mol. The zero-order valence-electron chi connectivity index (χ0n) is 4.99. The maximum atomic E-state index is 8.86. The minimum atomic E-state index is -0.955. The van der Waals surface area contributed by atoms with Gasteiger partial charge in [-0.25, -0.2) is 0 Å². The summed E-state index contributed by atoms with van der Waals surface area (Å²) in [4.78, 5) is 0. The second-order valence-corrected chi connectivity index (χ2v) is 1.85. The molecule has 9 heavy (non-hydrogen) atoms. The first-order valence-corrected chi connectivity index (χ1v) is 2.86. The average molecular weight is 134 g/mol. The van der Waals surface area contributed by atoms with E-state index in [0.717, 1.165) is 0 Å². The molecule has 4 heteroatoms. The zero-order chi connectivity index (χ0) is 6.69. The van der Waals surface area contributed by atoms with Crippen molar-refractivity contribution in [2.24, 2.45) is 0 Å². The van der Waals surface area contributed by atoms with Gasteiger partial charge in [0.25, 0.3) is 0 Å². The van der Waals surface area contributed by atoms with Crippen LogP contribution < -0.4 is 0 Å². The molecule has 1 saturated heterocycles. The van der Waals surface area contributed by atoms with Crippen molar-refractivity contribution in [1.82, 2.24) is 0 Å². The molecule has 2 atom stereocenters. The van der Waals surface area contributed by atoms with Crippen molar-refractivity contribution in [1.29, 1.82) is 0 Å². The Hall–Kier alpha value is -0.160. The van der Waals surface area contributed by atoms with Crippen molar-refractivity contribution in [2.45, 2.75) is 12.4 Å². The van der Waals surface area contributed by atoms with Crippen LogP contribution >= 0.6 is 0 Å². The van der Waals surface area contributed by atoms with Crippen LogP contribution in [-0.2, 0) is 9.47 Å². The Morgan fingerprint density at radius 3 is 2.44 bits per heavy atom. The Morgan fingerprint density at radius 2 is 2.00 bits per heavy atom. The molecule has 0 aromatic rings. The molecule has 1 fully saturated rings. The number of hydrogen-bond acceptors (Lipinski definition) is 4. The maximum Gasteiger partial charge on any atom is 0.183 e. The van der Waals surface area contributed by atoms with E-state index in [1.807, 2.05) is 0 Å². The number of rotatable bonds is 1. The molecule has 4 nitrogen and oxygen atoms in total. The molecule has 0 saturated carbocycles. The third-order valence-electron chi connectivity index (χ3n) is 1.20. The molecule has 0 aliphatic carbocycles. The smallest absolute Gasteiger partial charge is 0.183 e. The lowest BCUT2D eigenvalue weighted by molar-refractivity contribution is -0.233. The summed E-state index contributed by atoms with van der Waals surface area (Å²) in [6.07, 6.45) is -1.51. The van der Waals surface area contributed by atoms with Gasteiger partial charge < -0.3 is 19.7 Å². The van der Waals surface area contributed by atoms with E-state index in [1.54, 1.807) is 0 Å². The molecule has 1 heterocycles. The molecule has 0 radical (unpaired) electrons. The maximum absolute atomic E-state index is 8.86. The van der Waals surface area contributed by atoms with Crippen molar-refractivity contribution in [2.75, 3.05) is 19.8 Å². The standard InChI is InChI=1S/C5H10O4/c6-3-4-5(7)9-2-1-8-4/h4-7H,1-3H2. The monoisotopic (exact) mass is 134 g/mol. The fourth-order valence-electron chi connectivity index (χ4n) is 0.701. The summed E-state index contributed by atoms with van der Waals surface area (Å²) in [5.74, 6) is 0. The quantitative estimate of drug-likeness (QED) is 0.468. The minimum absolute atomic E-state index is 0.193. The third kappa shape index (κ3) is 1.62. The van der Waals surface area contributed by atoms with Crippen molar-refractivity contribution in [3.63, 3.8) is 0 Å². The molecule has 1 aliphatic heterocycles. The number of hydrogen-bond donors (Lipinski definition) is 2. The van der Waals surface area contributed by atoms with Crippen LogP contribution in [-0.4, -0.2) is 42.4 Å². The van der Waals surface area contributed by atoms with E-state index in [2.05, 4.69) is 0 Å². The van der Waals surface area contributed by atoms with E-state index >= 15 is 0 Å². The highest BCUT2D eigenvalue weighted by molar-refractivity contribution is 4.62. The first-order valence-electron chi connectivity index (χ1n) is 2.86. The first-order chi connectivity index (χ1) is 4.34. The summed E-state index contributed by atoms with van der Waals surface area (Å²) in [5, 5.41) is 17.4. The third-order valence-corrected chi connectivity index (χ3v) is 1.20. The fourth-order valence-corrected chi connectivity index (χ4v) is 0.701. The van der Waals surface area contributed by atoms with Gasteiger partial charge in [-0.2, -0.15) is 0 Å². The van der Waals surface area contributed by atoms with E-state index in [4.69, 9.17) is 19.7 Å². The lowest BCUT2D eigenvalue weighted by Crippen LogP contribution is -2.40. The number of aliphatic hydroxyl groups excluding tert-OH is 2. The summed E-state index contributed by atoms with van der Waals surface area (Å²) < 4.78 is 9.67. The lowest BCUT2D eigenvalue weighted by atomic mass is 10.3. The van der Waals surface area contributed by atoms with Gasteiger partial charge in [0, 0.05) is 0 Å². The summed E-state index contributed by atoms with van der Waals surface area (Å²) >= 11 is 0. The molecule has 54 valence electrons. The lowest BCUT2D eigenvalue weighted by Gasteiger charge is -2.26. The SMILES string of the molecule is OCC1OCCOC1O. The van der Waals surface area contributed by atoms with Crippen molar-refractivity contribution < 1.29 is 19.7 Å². The molecular formula is C5H10O4. The summed E-state index contributed by atoms with van der Waals surface area (Å²) in [6, 6.07) is 0. The second-order valence-electron chi connectivity index (χ2n) is 1.85. The van der Waals surface area contributed by atoms with Gasteiger partial charge in [0.05, 0.1) is 19.8 Å². The Morgan fingerprint density at radius 1 is 1.33 bits per heavy atom. The Kier molecular flexibility index (Phi) is 2.41. The second kappa shape index (κ2) is 3.12. The van der Waals surface area contributed by atoms with Gasteiger partial charge in [-0.05, 0) is 0 Å². The average Bonchev–Trinajstić information content (AvgIpc) is 1.89. The van der Waals surface area contributed by atoms with Gasteiger partial charge in [-0.3, -0.25) is 0 Å². The Labute approximate surface area is 53.0 Å². The van der Waals surface area contributed by atoms with Crippen molar-refractivity contribution in [3.8, 4) is 0 Å². The van der Waals surface area contributed by atoms with Crippen LogP contribution in [0, 0.1) is 0 Å². The minimum Gasteiger partial charge on any atom is -0.393 e. The highest BCUT2D eigenvalue weighted by atomic mass is 16.7. The highest BCUT2D eigenvalue weighted by Gasteiger charge is 2.23. The van der Waals surface area contributed by atoms with Crippen LogP contribution in [0.2, 0.25) is 0 Å². The molecule has 0 spiro atoms. The van der Waals surface area contributed by atoms with E-state index in [-0.39, 0.29) is 6.61 Å². The van der Waals surface area contributed by atoms with Gasteiger partial charge in [0.15, 0.2) is 6.29 Å². The molecular weight excluding hydrogens is 124 g/mol. The van der Waals surface area contributed by atoms with Crippen LogP contribution in [0.5, 0.6) is 0 Å². The van der Waals surface area contributed by atoms with Crippen LogP contribution in [0.3, 0.4) is 0 Å². The Balaban J connectivity index is 2.30. The number of ether oxygens (including phenoxy) is 2. The molecule has 2 unspecified atom stereocenters. The van der Waals surface area contributed by atoms with Crippen LogP contribution in [0.15, 0.2) is 0 Å². The predicted octanol–water partition coefficient (Wildman–Crippen LogP) is -1.29. The summed E-state index contributed by atoms with van der Waals surface area (Å²) in [5.41, 5.74) is 0. The molecule has 0 amide bonds. The van der Waals surface area contributed by atoms with Crippen LogP contribution in [0.25, 0.3) is 0 Å². The van der Waals surface area contributed by atoms with Gasteiger partial charge in [0.1, 0.15) is 6.10 Å². The van der Waals surface area contributed by atoms with Crippen LogP contribution in [0.4, 0.5) is 0 Å². The fraction of sp³-hybridized carbons (Fsp3) is 1.00. The topological polar surface area (TPSA) is 58.9 Å².